The third kappa shape index (κ3) is 13.5. The minimum atomic E-state index is 0.488. The van der Waals surface area contributed by atoms with Gasteiger partial charge in [-0.1, -0.05) is 72.5 Å². The average molecular weight is 339 g/mol. The van der Waals surface area contributed by atoms with Gasteiger partial charge in [0.25, 0.3) is 0 Å². The molecule has 3 nitrogen and oxygen atoms in total. The fourth-order valence-electron chi connectivity index (χ4n) is 2.61. The van der Waals surface area contributed by atoms with Crippen molar-refractivity contribution in [3.8, 4) is 0 Å². The molecular formula is C21H42N2O. The normalized spacial score (nSPS) is 13.3. The first kappa shape index (κ1) is 23.0. The predicted octanol–water partition coefficient (Wildman–Crippen LogP) is 5.25. The van der Waals surface area contributed by atoms with Crippen LogP contribution < -0.4 is 10.6 Å². The molecule has 0 fully saturated rings. The Morgan fingerprint density at radius 1 is 1.04 bits per heavy atom. The van der Waals surface area contributed by atoms with Crippen molar-refractivity contribution in [2.75, 3.05) is 26.2 Å². The number of unbranched alkanes of at least 4 members (excludes halogenated alkanes) is 5. The molecule has 0 aliphatic heterocycles. The van der Waals surface area contributed by atoms with Crippen LogP contribution in [0.1, 0.15) is 72.6 Å². The van der Waals surface area contributed by atoms with Crippen molar-refractivity contribution < 1.29 is 4.74 Å². The number of allylic oxidation sites excluding steroid dienone is 1. The summed E-state index contributed by atoms with van der Waals surface area (Å²) in [6.45, 7) is 20.2. The zero-order valence-electron chi connectivity index (χ0n) is 16.8. The second-order valence-corrected chi connectivity index (χ2v) is 7.09. The maximum Gasteiger partial charge on any atom is 0.0924 e. The molecule has 0 aromatic rings. The smallest absolute Gasteiger partial charge is 0.0924 e. The highest BCUT2D eigenvalue weighted by atomic mass is 16.5. The summed E-state index contributed by atoms with van der Waals surface area (Å²) in [4.78, 5) is 0. The van der Waals surface area contributed by atoms with Crippen LogP contribution in [0.3, 0.4) is 0 Å². The third-order valence-corrected chi connectivity index (χ3v) is 4.65. The summed E-state index contributed by atoms with van der Waals surface area (Å²) >= 11 is 0. The van der Waals surface area contributed by atoms with Gasteiger partial charge in [0.05, 0.1) is 12.4 Å². The van der Waals surface area contributed by atoms with E-state index in [1.165, 1.54) is 38.5 Å². The molecule has 142 valence electrons. The largest absolute Gasteiger partial charge is 0.498 e. The van der Waals surface area contributed by atoms with Crippen molar-refractivity contribution in [3.05, 3.63) is 24.6 Å². The van der Waals surface area contributed by atoms with Gasteiger partial charge in [-0.15, -0.1) is 0 Å². The van der Waals surface area contributed by atoms with E-state index in [1.807, 2.05) is 6.92 Å². The van der Waals surface area contributed by atoms with Crippen molar-refractivity contribution in [2.24, 2.45) is 11.8 Å². The van der Waals surface area contributed by atoms with E-state index in [1.54, 1.807) is 0 Å². The van der Waals surface area contributed by atoms with Crippen molar-refractivity contribution in [2.45, 2.75) is 72.6 Å². The fourth-order valence-corrected chi connectivity index (χ4v) is 2.61. The molecule has 0 bridgehead atoms. The van der Waals surface area contributed by atoms with Gasteiger partial charge in [0.2, 0.25) is 0 Å². The van der Waals surface area contributed by atoms with Gasteiger partial charge in [0.1, 0.15) is 0 Å². The molecule has 0 heterocycles. The summed E-state index contributed by atoms with van der Waals surface area (Å²) in [5, 5.41) is 6.96. The Labute approximate surface area is 151 Å². The lowest BCUT2D eigenvalue weighted by molar-refractivity contribution is 0.136. The van der Waals surface area contributed by atoms with E-state index >= 15 is 0 Å². The van der Waals surface area contributed by atoms with Crippen molar-refractivity contribution in [1.29, 1.82) is 0 Å². The van der Waals surface area contributed by atoms with E-state index < -0.39 is 0 Å². The SMILES string of the molecule is C=C(CNCCCCCCCC)NCC(COC(=C)C)C(C)CC. The van der Waals surface area contributed by atoms with Crippen LogP contribution in [0.2, 0.25) is 0 Å². The van der Waals surface area contributed by atoms with Gasteiger partial charge in [-0.25, -0.2) is 0 Å². The summed E-state index contributed by atoms with van der Waals surface area (Å²) in [6, 6.07) is 0. The van der Waals surface area contributed by atoms with Crippen LogP contribution in [0.4, 0.5) is 0 Å². The molecule has 0 aromatic heterocycles. The highest BCUT2D eigenvalue weighted by Gasteiger charge is 2.16. The molecule has 0 radical (unpaired) electrons. The maximum absolute atomic E-state index is 5.63. The Hall–Kier alpha value is -0.960. The lowest BCUT2D eigenvalue weighted by Crippen LogP contribution is -2.33. The molecule has 0 amide bonds. The molecular weight excluding hydrogens is 296 g/mol. The second kappa shape index (κ2) is 15.6. The molecule has 0 spiro atoms. The average Bonchev–Trinajstić information content (AvgIpc) is 2.56. The molecule has 0 rings (SSSR count). The molecule has 2 unspecified atom stereocenters. The van der Waals surface area contributed by atoms with Crippen LogP contribution >= 0.6 is 0 Å². The number of nitrogens with one attached hydrogen (secondary N) is 2. The van der Waals surface area contributed by atoms with Crippen LogP contribution in [-0.4, -0.2) is 26.2 Å². The Morgan fingerprint density at radius 3 is 2.33 bits per heavy atom. The van der Waals surface area contributed by atoms with Crippen molar-refractivity contribution >= 4 is 0 Å². The molecule has 0 aromatic carbocycles. The summed E-state index contributed by atoms with van der Waals surface area (Å²) in [6.07, 6.45) is 9.20. The zero-order chi connectivity index (χ0) is 18.2. The molecule has 3 heteroatoms. The number of ether oxygens (including phenoxy) is 1. The van der Waals surface area contributed by atoms with Gasteiger partial charge in [-0.05, 0) is 25.8 Å². The van der Waals surface area contributed by atoms with Crippen LogP contribution in [-0.2, 0) is 4.74 Å². The van der Waals surface area contributed by atoms with Gasteiger partial charge >= 0.3 is 0 Å². The van der Waals surface area contributed by atoms with Crippen LogP contribution in [0.25, 0.3) is 0 Å². The van der Waals surface area contributed by atoms with E-state index in [4.69, 9.17) is 4.74 Å². The van der Waals surface area contributed by atoms with Crippen molar-refractivity contribution in [3.63, 3.8) is 0 Å². The van der Waals surface area contributed by atoms with E-state index in [0.717, 1.165) is 44.1 Å². The topological polar surface area (TPSA) is 33.3 Å². The van der Waals surface area contributed by atoms with Gasteiger partial charge < -0.3 is 15.4 Å². The fraction of sp³-hybridized carbons (Fsp3) is 0.810. The van der Waals surface area contributed by atoms with E-state index in [9.17, 15) is 0 Å². The standard InChI is InChI=1S/C21H42N2O/c1-7-9-10-11-12-13-14-22-15-20(6)23-16-21(19(5)8-2)17-24-18(3)4/h19,21-23H,3,6-17H2,1-2,4-5H3. The first-order valence-corrected chi connectivity index (χ1v) is 9.91. The van der Waals surface area contributed by atoms with E-state index in [2.05, 4.69) is 44.6 Å². The Morgan fingerprint density at radius 2 is 1.71 bits per heavy atom. The van der Waals surface area contributed by atoms with Gasteiger partial charge in [0.15, 0.2) is 0 Å². The highest BCUT2D eigenvalue weighted by Crippen LogP contribution is 2.16. The van der Waals surface area contributed by atoms with Gasteiger partial charge in [-0.2, -0.15) is 0 Å². The lowest BCUT2D eigenvalue weighted by Gasteiger charge is -2.24. The monoisotopic (exact) mass is 338 g/mol. The quantitative estimate of drug-likeness (QED) is 0.281. The van der Waals surface area contributed by atoms with Gasteiger partial charge in [-0.3, -0.25) is 0 Å². The molecule has 0 aliphatic rings. The summed E-state index contributed by atoms with van der Waals surface area (Å²) < 4.78 is 5.63. The van der Waals surface area contributed by atoms with E-state index in [0.29, 0.717) is 11.8 Å². The lowest BCUT2D eigenvalue weighted by atomic mass is 9.92. The Bertz CT molecular complexity index is 328. The minimum Gasteiger partial charge on any atom is -0.498 e. The first-order valence-electron chi connectivity index (χ1n) is 9.91. The highest BCUT2D eigenvalue weighted by molar-refractivity contribution is 4.94. The van der Waals surface area contributed by atoms with Crippen LogP contribution in [0.5, 0.6) is 0 Å². The van der Waals surface area contributed by atoms with Gasteiger partial charge in [0, 0.05) is 24.7 Å². The van der Waals surface area contributed by atoms with Crippen LogP contribution in [0.15, 0.2) is 24.6 Å². The zero-order valence-corrected chi connectivity index (χ0v) is 16.8. The molecule has 0 aliphatic carbocycles. The summed E-state index contributed by atoms with van der Waals surface area (Å²) in [5.41, 5.74) is 1.07. The number of rotatable bonds is 17. The molecule has 24 heavy (non-hydrogen) atoms. The maximum atomic E-state index is 5.63. The number of hydrogen-bond acceptors (Lipinski definition) is 3. The second-order valence-electron chi connectivity index (χ2n) is 7.09. The molecule has 0 saturated heterocycles. The third-order valence-electron chi connectivity index (χ3n) is 4.65. The summed E-state index contributed by atoms with van der Waals surface area (Å²) in [7, 11) is 0. The minimum absolute atomic E-state index is 0.488. The number of hydrogen-bond donors (Lipinski definition) is 2. The molecule has 0 saturated carbocycles. The summed E-state index contributed by atoms with van der Waals surface area (Å²) in [5.74, 6) is 1.91. The molecule has 2 N–H and O–H groups in total. The van der Waals surface area contributed by atoms with Crippen LogP contribution in [0, 0.1) is 11.8 Å². The first-order chi connectivity index (χ1) is 11.5. The van der Waals surface area contributed by atoms with E-state index in [-0.39, 0.29) is 0 Å². The molecule has 2 atom stereocenters. The van der Waals surface area contributed by atoms with Crippen molar-refractivity contribution in [1.82, 2.24) is 10.6 Å². The Kier molecular flexibility index (Phi) is 14.9. The predicted molar refractivity (Wildman–Crippen MR) is 107 cm³/mol. The Balaban J connectivity index is 3.77.